The number of thioether (sulfide) groups is 1. The molecule has 2 aliphatic rings. The maximum atomic E-state index is 9.21. The minimum atomic E-state index is 0.0228. The molecular weight excluding hydrogens is 178 g/mol. The molecule has 0 atom stereocenters. The molecule has 72 valence electrons. The Labute approximate surface area is 84.9 Å². The lowest BCUT2D eigenvalue weighted by Crippen LogP contribution is -2.20. The molecule has 13 heavy (non-hydrogen) atoms. The summed E-state index contributed by atoms with van der Waals surface area (Å²) in [5, 5.41) is 10.0. The van der Waals surface area contributed by atoms with E-state index in [-0.39, 0.29) is 4.75 Å². The van der Waals surface area contributed by atoms with Gasteiger partial charge in [0, 0.05) is 5.25 Å². The maximum Gasteiger partial charge on any atom is 0.103 e. The van der Waals surface area contributed by atoms with Crippen LogP contribution >= 0.6 is 11.8 Å². The molecule has 0 aliphatic heterocycles. The molecule has 2 fully saturated rings. The van der Waals surface area contributed by atoms with Gasteiger partial charge in [-0.15, -0.1) is 11.8 Å². The summed E-state index contributed by atoms with van der Waals surface area (Å²) in [4.78, 5) is 0. The number of hydrogen-bond donors (Lipinski definition) is 0. The molecule has 0 spiro atoms. The van der Waals surface area contributed by atoms with E-state index in [4.69, 9.17) is 0 Å². The van der Waals surface area contributed by atoms with Crippen LogP contribution in [0.25, 0.3) is 0 Å². The van der Waals surface area contributed by atoms with Gasteiger partial charge < -0.3 is 0 Å². The largest absolute Gasteiger partial charge is 0.197 e. The Morgan fingerprint density at radius 2 is 1.69 bits per heavy atom. The Morgan fingerprint density at radius 3 is 2.23 bits per heavy atom. The third-order valence-corrected chi connectivity index (χ3v) is 5.06. The highest BCUT2D eigenvalue weighted by molar-refractivity contribution is 8.01. The number of hydrogen-bond acceptors (Lipinski definition) is 2. The second-order valence-corrected chi connectivity index (χ2v) is 6.02. The Kier molecular flexibility index (Phi) is 2.83. The fourth-order valence-corrected chi connectivity index (χ4v) is 4.31. The Hall–Kier alpha value is -0.160. The van der Waals surface area contributed by atoms with E-state index in [0.717, 1.165) is 18.1 Å². The average molecular weight is 195 g/mol. The van der Waals surface area contributed by atoms with Crippen LogP contribution in [0.2, 0.25) is 0 Å². The van der Waals surface area contributed by atoms with Crippen LogP contribution in [0.4, 0.5) is 0 Å². The molecule has 0 aromatic heterocycles. The summed E-state index contributed by atoms with van der Waals surface area (Å²) in [7, 11) is 0. The third-order valence-electron chi connectivity index (χ3n) is 3.31. The summed E-state index contributed by atoms with van der Waals surface area (Å²) < 4.78 is 0.0228. The molecule has 2 aliphatic carbocycles. The molecule has 0 radical (unpaired) electrons. The fourth-order valence-electron chi connectivity index (χ4n) is 2.53. The molecule has 0 amide bonds. The molecule has 2 saturated carbocycles. The summed E-state index contributed by atoms with van der Waals surface area (Å²) in [6, 6.07) is 2.57. The number of nitriles is 1. The van der Waals surface area contributed by atoms with Crippen molar-refractivity contribution in [2.24, 2.45) is 0 Å². The van der Waals surface area contributed by atoms with Crippen molar-refractivity contribution in [3.63, 3.8) is 0 Å². The van der Waals surface area contributed by atoms with Gasteiger partial charge in [0.25, 0.3) is 0 Å². The van der Waals surface area contributed by atoms with Gasteiger partial charge in [-0.2, -0.15) is 5.26 Å². The van der Waals surface area contributed by atoms with Crippen molar-refractivity contribution in [1.29, 1.82) is 5.26 Å². The highest BCUT2D eigenvalue weighted by Gasteiger charge is 2.37. The van der Waals surface area contributed by atoms with Crippen LogP contribution in [0.5, 0.6) is 0 Å². The lowest BCUT2D eigenvalue weighted by atomic mass is 10.1. The SMILES string of the molecule is N#CC1(SC2CCCC2)CCCC1. The molecule has 1 nitrogen and oxygen atoms in total. The number of nitrogens with zero attached hydrogens (tertiary/aromatic N) is 1. The van der Waals surface area contributed by atoms with Crippen molar-refractivity contribution < 1.29 is 0 Å². The molecule has 0 aromatic rings. The van der Waals surface area contributed by atoms with Gasteiger partial charge in [-0.05, 0) is 25.7 Å². The zero-order valence-corrected chi connectivity index (χ0v) is 8.91. The molecule has 0 bridgehead atoms. The summed E-state index contributed by atoms with van der Waals surface area (Å²) >= 11 is 2.00. The van der Waals surface area contributed by atoms with Crippen molar-refractivity contribution in [1.82, 2.24) is 0 Å². The average Bonchev–Trinajstić information content (AvgIpc) is 2.77. The number of rotatable bonds is 2. The monoisotopic (exact) mass is 195 g/mol. The minimum Gasteiger partial charge on any atom is -0.197 e. The van der Waals surface area contributed by atoms with E-state index in [1.54, 1.807) is 0 Å². The van der Waals surface area contributed by atoms with Gasteiger partial charge in [-0.25, -0.2) is 0 Å². The molecule has 2 rings (SSSR count). The summed E-state index contributed by atoms with van der Waals surface area (Å²) in [5.74, 6) is 0. The van der Waals surface area contributed by atoms with Gasteiger partial charge >= 0.3 is 0 Å². The normalized spacial score (nSPS) is 27.6. The van der Waals surface area contributed by atoms with Crippen molar-refractivity contribution in [2.75, 3.05) is 0 Å². The zero-order valence-electron chi connectivity index (χ0n) is 8.09. The highest BCUT2D eigenvalue weighted by atomic mass is 32.2. The first kappa shape index (κ1) is 9.40. The molecule has 0 saturated heterocycles. The van der Waals surface area contributed by atoms with E-state index in [1.807, 2.05) is 11.8 Å². The van der Waals surface area contributed by atoms with Crippen LogP contribution < -0.4 is 0 Å². The second kappa shape index (κ2) is 3.92. The predicted octanol–water partition coefficient (Wildman–Crippen LogP) is 3.50. The predicted molar refractivity (Wildman–Crippen MR) is 56.7 cm³/mol. The van der Waals surface area contributed by atoms with Gasteiger partial charge in [0.15, 0.2) is 0 Å². The van der Waals surface area contributed by atoms with Gasteiger partial charge in [-0.1, -0.05) is 25.7 Å². The quantitative estimate of drug-likeness (QED) is 0.673. The summed E-state index contributed by atoms with van der Waals surface area (Å²) in [6.07, 6.45) is 10.3. The molecule has 0 N–H and O–H groups in total. The van der Waals surface area contributed by atoms with Crippen LogP contribution in [0.3, 0.4) is 0 Å². The van der Waals surface area contributed by atoms with Crippen LogP contribution in [-0.4, -0.2) is 10.00 Å². The molecular formula is C11H17NS. The topological polar surface area (TPSA) is 23.8 Å². The van der Waals surface area contributed by atoms with Gasteiger partial charge in [0.05, 0.1) is 6.07 Å². The summed E-state index contributed by atoms with van der Waals surface area (Å²) in [5.41, 5.74) is 0. The smallest absolute Gasteiger partial charge is 0.103 e. The first-order valence-corrected chi connectivity index (χ1v) is 6.32. The lowest BCUT2D eigenvalue weighted by Gasteiger charge is -2.23. The van der Waals surface area contributed by atoms with Crippen LogP contribution in [0.15, 0.2) is 0 Å². The summed E-state index contributed by atoms with van der Waals surface area (Å²) in [6.45, 7) is 0. The van der Waals surface area contributed by atoms with E-state index >= 15 is 0 Å². The molecule has 2 heteroatoms. The van der Waals surface area contributed by atoms with E-state index in [9.17, 15) is 5.26 Å². The Balaban J connectivity index is 1.93. The van der Waals surface area contributed by atoms with Crippen LogP contribution in [-0.2, 0) is 0 Å². The van der Waals surface area contributed by atoms with Crippen molar-refractivity contribution in [3.8, 4) is 6.07 Å². The van der Waals surface area contributed by atoms with Gasteiger partial charge in [0.2, 0.25) is 0 Å². The zero-order chi connectivity index (χ0) is 9.15. The molecule has 0 aromatic carbocycles. The van der Waals surface area contributed by atoms with Crippen molar-refractivity contribution >= 4 is 11.8 Å². The lowest BCUT2D eigenvalue weighted by molar-refractivity contribution is 0.745. The Bertz CT molecular complexity index is 207. The van der Waals surface area contributed by atoms with Gasteiger partial charge in [0.1, 0.15) is 4.75 Å². The van der Waals surface area contributed by atoms with E-state index < -0.39 is 0 Å². The first-order chi connectivity index (χ1) is 6.35. The van der Waals surface area contributed by atoms with E-state index in [2.05, 4.69) is 6.07 Å². The highest BCUT2D eigenvalue weighted by Crippen LogP contribution is 2.46. The fraction of sp³-hybridized carbons (Fsp3) is 0.909. The second-order valence-electron chi connectivity index (χ2n) is 4.34. The maximum absolute atomic E-state index is 9.21. The van der Waals surface area contributed by atoms with Crippen LogP contribution in [0, 0.1) is 11.3 Å². The van der Waals surface area contributed by atoms with Gasteiger partial charge in [-0.3, -0.25) is 0 Å². The molecule has 0 unspecified atom stereocenters. The standard InChI is InChI=1S/C11H17NS/c12-9-11(7-3-4-8-11)13-10-5-1-2-6-10/h10H,1-8H2. The van der Waals surface area contributed by atoms with Crippen LogP contribution in [0.1, 0.15) is 51.4 Å². The van der Waals surface area contributed by atoms with E-state index in [0.29, 0.717) is 0 Å². The van der Waals surface area contributed by atoms with Crippen molar-refractivity contribution in [2.45, 2.75) is 61.4 Å². The minimum absolute atomic E-state index is 0.0228. The Morgan fingerprint density at radius 1 is 1.08 bits per heavy atom. The molecule has 0 heterocycles. The third kappa shape index (κ3) is 2.02. The van der Waals surface area contributed by atoms with E-state index in [1.165, 1.54) is 38.5 Å². The first-order valence-electron chi connectivity index (χ1n) is 5.44. The van der Waals surface area contributed by atoms with Crippen molar-refractivity contribution in [3.05, 3.63) is 0 Å².